The van der Waals surface area contributed by atoms with Gasteiger partial charge in [-0.2, -0.15) is 4.37 Å². The number of hydrogen-bond donors (Lipinski definition) is 1. The molecule has 1 aliphatic rings. The van der Waals surface area contributed by atoms with Gasteiger partial charge < -0.3 is 14.7 Å². The van der Waals surface area contributed by atoms with E-state index in [0.717, 1.165) is 43.6 Å². The Bertz CT molecular complexity index is 700. The lowest BCUT2D eigenvalue weighted by atomic mass is 10.2. The number of nitrogens with zero attached hydrogens (tertiary/aromatic N) is 5. The second-order valence-corrected chi connectivity index (χ2v) is 6.72. The fourth-order valence-corrected chi connectivity index (χ4v) is 3.48. The van der Waals surface area contributed by atoms with E-state index in [9.17, 15) is 4.79 Å². The zero-order valence-corrected chi connectivity index (χ0v) is 15.0. The molecule has 1 fully saturated rings. The summed E-state index contributed by atoms with van der Waals surface area (Å²) in [6.07, 6.45) is 0.985. The second kappa shape index (κ2) is 7.27. The quantitative estimate of drug-likeness (QED) is 0.897. The van der Waals surface area contributed by atoms with Crippen molar-refractivity contribution in [2.45, 2.75) is 33.2 Å². The van der Waals surface area contributed by atoms with E-state index in [1.807, 2.05) is 13.8 Å². The van der Waals surface area contributed by atoms with Gasteiger partial charge in [-0.3, -0.25) is 9.69 Å². The van der Waals surface area contributed by atoms with Crippen molar-refractivity contribution in [2.24, 2.45) is 0 Å². The minimum atomic E-state index is -0.224. The van der Waals surface area contributed by atoms with Crippen molar-refractivity contribution in [3.8, 4) is 0 Å². The third-order valence-corrected chi connectivity index (χ3v) is 4.99. The summed E-state index contributed by atoms with van der Waals surface area (Å²) in [7, 11) is 0. The Balaban J connectivity index is 1.57. The van der Waals surface area contributed by atoms with Gasteiger partial charge in [0.05, 0.1) is 6.04 Å². The largest absolute Gasteiger partial charge is 0.360 e. The predicted molar refractivity (Wildman–Crippen MR) is 92.4 cm³/mol. The maximum Gasteiger partial charge on any atom is 0.242 e. The molecule has 2 aromatic rings. The standard InChI is InChI=1S/C15H22N6O2S/c1-10-9-13(18-23-10)17-14(22)11(2)20-5-4-6-21(8-7-20)15-16-12(3)19-24-15/h9,11H,4-8H2,1-3H3,(H,17,18,22). The van der Waals surface area contributed by atoms with Crippen molar-refractivity contribution in [2.75, 3.05) is 36.4 Å². The SMILES string of the molecule is Cc1nsc(N2CCCN(C(C)C(=O)Nc3cc(C)on3)CC2)n1. The fourth-order valence-electron chi connectivity index (χ4n) is 2.75. The lowest BCUT2D eigenvalue weighted by Crippen LogP contribution is -2.44. The Kier molecular flexibility index (Phi) is 5.10. The zero-order valence-electron chi connectivity index (χ0n) is 14.2. The predicted octanol–water partition coefficient (Wildman–Crippen LogP) is 1.68. The van der Waals surface area contributed by atoms with Crippen LogP contribution in [0.5, 0.6) is 0 Å². The summed E-state index contributed by atoms with van der Waals surface area (Å²) in [6.45, 7) is 9.09. The van der Waals surface area contributed by atoms with Crippen molar-refractivity contribution in [3.05, 3.63) is 17.7 Å². The van der Waals surface area contributed by atoms with Gasteiger partial charge in [-0.1, -0.05) is 5.16 Å². The molecule has 1 unspecified atom stereocenters. The normalized spacial score (nSPS) is 17.5. The summed E-state index contributed by atoms with van der Waals surface area (Å²) >= 11 is 1.43. The van der Waals surface area contributed by atoms with Gasteiger partial charge >= 0.3 is 0 Å². The molecular formula is C15H22N6O2S. The van der Waals surface area contributed by atoms with E-state index in [1.54, 1.807) is 13.0 Å². The third-order valence-electron chi connectivity index (χ3n) is 4.12. The summed E-state index contributed by atoms with van der Waals surface area (Å²) < 4.78 is 9.23. The van der Waals surface area contributed by atoms with Crippen LogP contribution in [0.1, 0.15) is 24.9 Å². The minimum Gasteiger partial charge on any atom is -0.360 e. The molecule has 1 amide bonds. The summed E-state index contributed by atoms with van der Waals surface area (Å²) in [5.74, 6) is 1.89. The van der Waals surface area contributed by atoms with Crippen molar-refractivity contribution >= 4 is 28.4 Å². The number of amides is 1. The minimum absolute atomic E-state index is 0.0662. The third kappa shape index (κ3) is 3.90. The van der Waals surface area contributed by atoms with Crippen molar-refractivity contribution < 1.29 is 9.32 Å². The molecule has 1 N–H and O–H groups in total. The molecule has 1 saturated heterocycles. The molecule has 3 heterocycles. The van der Waals surface area contributed by atoms with Crippen LogP contribution < -0.4 is 10.2 Å². The molecule has 0 radical (unpaired) electrons. The lowest BCUT2D eigenvalue weighted by Gasteiger charge is -2.26. The highest BCUT2D eigenvalue weighted by molar-refractivity contribution is 7.09. The number of aromatic nitrogens is 3. The first kappa shape index (κ1) is 16.8. The van der Waals surface area contributed by atoms with Crippen LogP contribution >= 0.6 is 11.5 Å². The zero-order chi connectivity index (χ0) is 17.1. The topological polar surface area (TPSA) is 87.4 Å². The Labute approximate surface area is 145 Å². The first-order valence-electron chi connectivity index (χ1n) is 8.06. The van der Waals surface area contributed by atoms with Gasteiger partial charge in [-0.25, -0.2) is 4.98 Å². The van der Waals surface area contributed by atoms with E-state index < -0.39 is 0 Å². The highest BCUT2D eigenvalue weighted by Crippen LogP contribution is 2.19. The van der Waals surface area contributed by atoms with E-state index >= 15 is 0 Å². The maximum atomic E-state index is 12.4. The van der Waals surface area contributed by atoms with Gasteiger partial charge in [-0.15, -0.1) is 0 Å². The molecule has 0 aromatic carbocycles. The number of nitrogens with one attached hydrogen (secondary N) is 1. The summed E-state index contributed by atoms with van der Waals surface area (Å²) in [6, 6.07) is 1.49. The Hall–Kier alpha value is -2.00. The average molecular weight is 350 g/mol. The smallest absolute Gasteiger partial charge is 0.242 e. The molecule has 0 saturated carbocycles. The molecular weight excluding hydrogens is 328 g/mol. The highest BCUT2D eigenvalue weighted by atomic mass is 32.1. The molecule has 1 aliphatic heterocycles. The molecule has 1 atom stereocenters. The van der Waals surface area contributed by atoms with Gasteiger partial charge in [0.2, 0.25) is 11.0 Å². The van der Waals surface area contributed by atoms with Crippen molar-refractivity contribution in [1.82, 2.24) is 19.4 Å². The lowest BCUT2D eigenvalue weighted by molar-refractivity contribution is -0.120. The first-order valence-corrected chi connectivity index (χ1v) is 8.84. The molecule has 9 heteroatoms. The van der Waals surface area contributed by atoms with Gasteiger partial charge in [0.1, 0.15) is 11.6 Å². The Morgan fingerprint density at radius 2 is 2.17 bits per heavy atom. The van der Waals surface area contributed by atoms with Gasteiger partial charge in [0.15, 0.2) is 5.82 Å². The Morgan fingerprint density at radius 3 is 2.83 bits per heavy atom. The molecule has 8 nitrogen and oxygen atoms in total. The number of carbonyl (C=O) groups is 1. The van der Waals surface area contributed by atoms with Crippen LogP contribution in [-0.2, 0) is 4.79 Å². The van der Waals surface area contributed by atoms with E-state index in [4.69, 9.17) is 4.52 Å². The molecule has 2 aromatic heterocycles. The van der Waals surface area contributed by atoms with E-state index in [-0.39, 0.29) is 11.9 Å². The van der Waals surface area contributed by atoms with Crippen LogP contribution in [0.15, 0.2) is 10.6 Å². The second-order valence-electron chi connectivity index (χ2n) is 5.99. The van der Waals surface area contributed by atoms with E-state index in [0.29, 0.717) is 11.6 Å². The monoisotopic (exact) mass is 350 g/mol. The molecule has 0 bridgehead atoms. The van der Waals surface area contributed by atoms with Crippen LogP contribution in [0, 0.1) is 13.8 Å². The molecule has 0 aliphatic carbocycles. The van der Waals surface area contributed by atoms with Crippen molar-refractivity contribution in [1.29, 1.82) is 0 Å². The number of anilines is 2. The summed E-state index contributed by atoms with van der Waals surface area (Å²) in [5.41, 5.74) is 0. The summed E-state index contributed by atoms with van der Waals surface area (Å²) in [4.78, 5) is 21.3. The number of rotatable bonds is 4. The molecule has 3 rings (SSSR count). The van der Waals surface area contributed by atoms with Crippen LogP contribution in [0.2, 0.25) is 0 Å². The van der Waals surface area contributed by atoms with E-state index in [1.165, 1.54) is 11.5 Å². The van der Waals surface area contributed by atoms with Crippen LogP contribution in [-0.4, -0.2) is 57.5 Å². The molecule has 0 spiro atoms. The van der Waals surface area contributed by atoms with Crippen LogP contribution in [0.4, 0.5) is 10.9 Å². The van der Waals surface area contributed by atoms with Gasteiger partial charge in [-0.05, 0) is 27.2 Å². The number of carbonyl (C=O) groups excluding carboxylic acids is 1. The number of hydrogen-bond acceptors (Lipinski definition) is 8. The Morgan fingerprint density at radius 1 is 1.33 bits per heavy atom. The number of aryl methyl sites for hydroxylation is 2. The van der Waals surface area contributed by atoms with Crippen molar-refractivity contribution in [3.63, 3.8) is 0 Å². The van der Waals surface area contributed by atoms with Gasteiger partial charge in [0, 0.05) is 43.8 Å². The van der Waals surface area contributed by atoms with Crippen LogP contribution in [0.3, 0.4) is 0 Å². The van der Waals surface area contributed by atoms with Gasteiger partial charge in [0.25, 0.3) is 0 Å². The average Bonchev–Trinajstić information content (AvgIpc) is 3.07. The first-order chi connectivity index (χ1) is 11.5. The summed E-state index contributed by atoms with van der Waals surface area (Å²) in [5, 5.41) is 7.58. The van der Waals surface area contributed by atoms with Crippen LogP contribution in [0.25, 0.3) is 0 Å². The fraction of sp³-hybridized carbons (Fsp3) is 0.600. The van der Waals surface area contributed by atoms with E-state index in [2.05, 4.69) is 29.6 Å². The molecule has 130 valence electrons. The highest BCUT2D eigenvalue weighted by Gasteiger charge is 2.25. The molecule has 24 heavy (non-hydrogen) atoms. The maximum absolute atomic E-state index is 12.4.